The number of hydrogen-bond acceptors (Lipinski definition) is 5. The van der Waals surface area contributed by atoms with Crippen LogP contribution in [0.1, 0.15) is 5.56 Å². The van der Waals surface area contributed by atoms with E-state index >= 15 is 0 Å². The molecule has 0 saturated heterocycles. The normalized spacial score (nSPS) is 10.8. The monoisotopic (exact) mass is 466 g/mol. The molecule has 0 aliphatic heterocycles. The maximum Gasteiger partial charge on any atom is 0.197 e. The summed E-state index contributed by atoms with van der Waals surface area (Å²) < 4.78 is 23.2. The average Bonchev–Trinajstić information content (AvgIpc) is 2.79. The molecule has 0 amide bonds. The first-order valence-corrected chi connectivity index (χ1v) is 10.1. The molecule has 0 spiro atoms. The zero-order valence-electron chi connectivity index (χ0n) is 16.5. The van der Waals surface area contributed by atoms with Crippen molar-refractivity contribution in [3.05, 3.63) is 87.0 Å². The summed E-state index contributed by atoms with van der Waals surface area (Å²) in [5.41, 5.74) is 2.03. The van der Waals surface area contributed by atoms with E-state index in [1.54, 1.807) is 13.2 Å². The molecule has 0 unspecified atom stereocenters. The van der Waals surface area contributed by atoms with Crippen molar-refractivity contribution < 1.29 is 18.6 Å². The largest absolute Gasteiger partial charge is 0.496 e. The van der Waals surface area contributed by atoms with Crippen LogP contribution >= 0.6 is 15.9 Å². The zero-order valence-corrected chi connectivity index (χ0v) is 18.1. The molecule has 4 aromatic rings. The van der Waals surface area contributed by atoms with Gasteiger partial charge in [0.1, 0.15) is 39.5 Å². The highest BCUT2D eigenvalue weighted by atomic mass is 79.9. The molecule has 0 atom stereocenters. The van der Waals surface area contributed by atoms with Crippen LogP contribution in [-0.4, -0.2) is 14.2 Å². The van der Waals surface area contributed by atoms with Crippen molar-refractivity contribution >= 4 is 26.9 Å². The van der Waals surface area contributed by atoms with Crippen LogP contribution in [0.2, 0.25) is 0 Å². The number of halogens is 1. The summed E-state index contributed by atoms with van der Waals surface area (Å²) in [6.07, 6.45) is 0. The minimum absolute atomic E-state index is 0.198. The Bertz CT molecular complexity index is 1230. The molecule has 0 radical (unpaired) electrons. The molecule has 152 valence electrons. The molecule has 5 nitrogen and oxygen atoms in total. The van der Waals surface area contributed by atoms with Gasteiger partial charge in [0.15, 0.2) is 11.0 Å². The van der Waals surface area contributed by atoms with Gasteiger partial charge in [-0.05, 0) is 45.8 Å². The smallest absolute Gasteiger partial charge is 0.197 e. The molecule has 1 heterocycles. The zero-order chi connectivity index (χ0) is 21.1. The minimum Gasteiger partial charge on any atom is -0.496 e. The van der Waals surface area contributed by atoms with Crippen LogP contribution in [0.3, 0.4) is 0 Å². The van der Waals surface area contributed by atoms with Crippen molar-refractivity contribution in [2.75, 3.05) is 14.2 Å². The Morgan fingerprint density at radius 2 is 1.60 bits per heavy atom. The van der Waals surface area contributed by atoms with Gasteiger partial charge >= 0.3 is 0 Å². The van der Waals surface area contributed by atoms with Crippen LogP contribution in [-0.2, 0) is 6.61 Å². The first kappa shape index (κ1) is 20.0. The van der Waals surface area contributed by atoms with Crippen molar-refractivity contribution in [1.29, 1.82) is 0 Å². The molecule has 0 fully saturated rings. The first-order valence-electron chi connectivity index (χ1n) is 9.26. The molecular formula is C24H19BrO5. The van der Waals surface area contributed by atoms with Crippen LogP contribution in [0.25, 0.3) is 22.3 Å². The number of methoxy groups -OCH3 is 2. The van der Waals surface area contributed by atoms with Gasteiger partial charge in [-0.25, -0.2) is 0 Å². The molecule has 6 heteroatoms. The SMILES string of the molecule is COc1cc(OC)c2c(=O)cc(-c3ccc(OCc4ccccc4)cc3)oc2c1Br. The highest BCUT2D eigenvalue weighted by molar-refractivity contribution is 9.10. The summed E-state index contributed by atoms with van der Waals surface area (Å²) in [6, 6.07) is 20.5. The van der Waals surface area contributed by atoms with Crippen molar-refractivity contribution in [1.82, 2.24) is 0 Å². The van der Waals surface area contributed by atoms with Gasteiger partial charge in [-0.1, -0.05) is 30.3 Å². The Hall–Kier alpha value is -3.25. The number of ether oxygens (including phenoxy) is 3. The molecule has 0 aliphatic rings. The van der Waals surface area contributed by atoms with E-state index in [0.29, 0.717) is 39.3 Å². The maximum absolute atomic E-state index is 12.8. The van der Waals surface area contributed by atoms with Gasteiger partial charge in [0, 0.05) is 17.7 Å². The third-order valence-electron chi connectivity index (χ3n) is 4.70. The Morgan fingerprint density at radius 3 is 2.27 bits per heavy atom. The summed E-state index contributed by atoms with van der Waals surface area (Å²) in [4.78, 5) is 12.8. The molecule has 0 bridgehead atoms. The number of hydrogen-bond donors (Lipinski definition) is 0. The average molecular weight is 467 g/mol. The van der Waals surface area contributed by atoms with Crippen LogP contribution in [0.15, 0.2) is 80.4 Å². The predicted octanol–water partition coefficient (Wildman–Crippen LogP) is 5.82. The van der Waals surface area contributed by atoms with E-state index in [2.05, 4.69) is 15.9 Å². The van der Waals surface area contributed by atoms with Crippen molar-refractivity contribution in [2.45, 2.75) is 6.61 Å². The first-order chi connectivity index (χ1) is 14.6. The number of benzene rings is 3. The molecule has 4 rings (SSSR count). The second-order valence-corrected chi connectivity index (χ2v) is 7.37. The van der Waals surface area contributed by atoms with E-state index in [1.165, 1.54) is 13.2 Å². The van der Waals surface area contributed by atoms with Gasteiger partial charge in [0.05, 0.1) is 14.2 Å². The second-order valence-electron chi connectivity index (χ2n) is 6.57. The predicted molar refractivity (Wildman–Crippen MR) is 119 cm³/mol. The molecular weight excluding hydrogens is 448 g/mol. The van der Waals surface area contributed by atoms with E-state index < -0.39 is 0 Å². The van der Waals surface area contributed by atoms with Crippen molar-refractivity contribution in [3.63, 3.8) is 0 Å². The Labute approximate surface area is 181 Å². The third-order valence-corrected chi connectivity index (χ3v) is 5.45. The lowest BCUT2D eigenvalue weighted by Gasteiger charge is -2.12. The molecule has 0 saturated carbocycles. The van der Waals surface area contributed by atoms with Crippen molar-refractivity contribution in [3.8, 4) is 28.6 Å². The summed E-state index contributed by atoms with van der Waals surface area (Å²) in [5.74, 6) is 2.09. The highest BCUT2D eigenvalue weighted by Gasteiger charge is 2.18. The summed E-state index contributed by atoms with van der Waals surface area (Å²) in [5, 5.41) is 0.358. The maximum atomic E-state index is 12.8. The Morgan fingerprint density at radius 1 is 0.900 bits per heavy atom. The number of rotatable bonds is 6. The van der Waals surface area contributed by atoms with Crippen LogP contribution in [0, 0.1) is 0 Å². The highest BCUT2D eigenvalue weighted by Crippen LogP contribution is 2.39. The van der Waals surface area contributed by atoms with Gasteiger partial charge in [-0.3, -0.25) is 4.79 Å². The van der Waals surface area contributed by atoms with Gasteiger partial charge in [0.25, 0.3) is 0 Å². The van der Waals surface area contributed by atoms with Crippen LogP contribution < -0.4 is 19.6 Å². The molecule has 1 aromatic heterocycles. The molecule has 0 aliphatic carbocycles. The van der Waals surface area contributed by atoms with E-state index in [1.807, 2.05) is 54.6 Å². The lowest BCUT2D eigenvalue weighted by molar-refractivity contribution is 0.306. The molecule has 30 heavy (non-hydrogen) atoms. The summed E-state index contributed by atoms with van der Waals surface area (Å²) in [6.45, 7) is 0.484. The van der Waals surface area contributed by atoms with E-state index in [0.717, 1.165) is 16.9 Å². The van der Waals surface area contributed by atoms with E-state index in [9.17, 15) is 4.79 Å². The fourth-order valence-corrected chi connectivity index (χ4v) is 3.71. The third kappa shape index (κ3) is 3.91. The standard InChI is InChI=1S/C24H19BrO5/c1-27-20-13-21(28-2)23(25)24-22(20)18(26)12-19(30-24)16-8-10-17(11-9-16)29-14-15-6-4-3-5-7-15/h3-13H,14H2,1-2H3. The van der Waals surface area contributed by atoms with Crippen molar-refractivity contribution in [2.24, 2.45) is 0 Å². The molecule has 0 N–H and O–H groups in total. The summed E-state index contributed by atoms with van der Waals surface area (Å²) in [7, 11) is 3.05. The fourth-order valence-electron chi connectivity index (χ4n) is 3.16. The van der Waals surface area contributed by atoms with Gasteiger partial charge in [0.2, 0.25) is 0 Å². The minimum atomic E-state index is -0.198. The topological polar surface area (TPSA) is 57.9 Å². The summed E-state index contributed by atoms with van der Waals surface area (Å²) >= 11 is 3.47. The van der Waals surface area contributed by atoms with Gasteiger partial charge < -0.3 is 18.6 Å². The Balaban J connectivity index is 1.67. The fraction of sp³-hybridized carbons (Fsp3) is 0.125. The van der Waals surface area contributed by atoms with E-state index in [-0.39, 0.29) is 5.43 Å². The van der Waals surface area contributed by atoms with E-state index in [4.69, 9.17) is 18.6 Å². The lowest BCUT2D eigenvalue weighted by Crippen LogP contribution is -2.04. The quantitative estimate of drug-likeness (QED) is 0.358. The van der Waals surface area contributed by atoms with Gasteiger partial charge in [-0.2, -0.15) is 0 Å². The van der Waals surface area contributed by atoms with Crippen LogP contribution in [0.5, 0.6) is 17.2 Å². The lowest BCUT2D eigenvalue weighted by atomic mass is 10.1. The molecule has 3 aromatic carbocycles. The Kier molecular flexibility index (Phi) is 5.77. The van der Waals surface area contributed by atoms with Gasteiger partial charge in [-0.15, -0.1) is 0 Å². The second kappa shape index (κ2) is 8.63. The van der Waals surface area contributed by atoms with Crippen LogP contribution in [0.4, 0.5) is 0 Å². The number of fused-ring (bicyclic) bond motifs is 1.